The maximum Gasteiger partial charge on any atom is 0.335 e. The van der Waals surface area contributed by atoms with Crippen molar-refractivity contribution in [2.24, 2.45) is 0 Å². The fourth-order valence-electron chi connectivity index (χ4n) is 0.994. The largest absolute Gasteiger partial charge is 0.478 e. The Hall–Kier alpha value is -1.84. The summed E-state index contributed by atoms with van der Waals surface area (Å²) in [5.74, 6) is -2.27. The summed E-state index contributed by atoms with van der Waals surface area (Å²) < 4.78 is 0. The lowest BCUT2D eigenvalue weighted by Gasteiger charge is -1.97. The highest BCUT2D eigenvalue weighted by atomic mass is 16.4. The van der Waals surface area contributed by atoms with Gasteiger partial charge in [0, 0.05) is 0 Å². The molecular weight excluding hydrogens is 208 g/mol. The first-order chi connectivity index (χ1) is 7.52. The molecule has 0 aliphatic rings. The number of hydrogen-bond acceptors (Lipinski definition) is 2. The number of carboxylic acid groups (broad SMARTS) is 2. The number of hydrogen-bond donors (Lipinski definition) is 2. The third kappa shape index (κ3) is 5.14. The van der Waals surface area contributed by atoms with Gasteiger partial charge in [-0.1, -0.05) is 31.6 Å². The van der Waals surface area contributed by atoms with Crippen LogP contribution in [0.4, 0.5) is 0 Å². The Morgan fingerprint density at radius 1 is 1.12 bits per heavy atom. The summed E-state index contributed by atoms with van der Waals surface area (Å²) in [5, 5.41) is 17.6. The molecule has 0 aliphatic carbocycles. The zero-order valence-corrected chi connectivity index (χ0v) is 9.43. The number of unbranched alkanes of at least 4 members (excludes halogenated alkanes) is 1. The van der Waals surface area contributed by atoms with Gasteiger partial charge in [0.2, 0.25) is 0 Å². The van der Waals surface area contributed by atoms with Gasteiger partial charge in [0.15, 0.2) is 0 Å². The molecule has 0 saturated carbocycles. The Morgan fingerprint density at radius 2 is 1.69 bits per heavy atom. The van der Waals surface area contributed by atoms with E-state index in [1.165, 1.54) is 12.2 Å². The van der Waals surface area contributed by atoms with Gasteiger partial charge >= 0.3 is 11.9 Å². The second-order valence-electron chi connectivity index (χ2n) is 3.15. The van der Waals surface area contributed by atoms with Gasteiger partial charge in [-0.3, -0.25) is 0 Å². The maximum absolute atomic E-state index is 10.8. The monoisotopic (exact) mass is 224 g/mol. The molecule has 0 aromatic rings. The highest BCUT2D eigenvalue weighted by molar-refractivity contribution is 5.96. The Kier molecular flexibility index (Phi) is 6.59. The van der Waals surface area contributed by atoms with Crippen molar-refractivity contribution >= 4 is 11.9 Å². The van der Waals surface area contributed by atoms with Gasteiger partial charge in [-0.15, -0.1) is 0 Å². The van der Waals surface area contributed by atoms with Gasteiger partial charge in [-0.25, -0.2) is 9.59 Å². The van der Waals surface area contributed by atoms with Crippen LogP contribution < -0.4 is 0 Å². The molecule has 88 valence electrons. The molecule has 4 nitrogen and oxygen atoms in total. The third-order valence-electron chi connectivity index (χ3n) is 1.87. The summed E-state index contributed by atoms with van der Waals surface area (Å²) in [7, 11) is 0. The van der Waals surface area contributed by atoms with E-state index in [1.54, 1.807) is 13.0 Å². The van der Waals surface area contributed by atoms with E-state index in [-0.39, 0.29) is 11.1 Å². The lowest BCUT2D eigenvalue weighted by molar-refractivity contribution is -0.132. The first kappa shape index (κ1) is 14.2. The lowest BCUT2D eigenvalue weighted by atomic mass is 10.1. The van der Waals surface area contributed by atoms with Crippen molar-refractivity contribution in [1.29, 1.82) is 0 Å². The van der Waals surface area contributed by atoms with Crippen LogP contribution in [0, 0.1) is 0 Å². The van der Waals surface area contributed by atoms with Crippen molar-refractivity contribution in [1.82, 2.24) is 0 Å². The molecule has 4 heteroatoms. The quantitative estimate of drug-likeness (QED) is 0.536. The van der Waals surface area contributed by atoms with Crippen LogP contribution in [0.1, 0.15) is 26.7 Å². The average Bonchev–Trinajstić information content (AvgIpc) is 2.22. The second-order valence-corrected chi connectivity index (χ2v) is 3.15. The van der Waals surface area contributed by atoms with Crippen molar-refractivity contribution in [3.8, 4) is 0 Å². The van der Waals surface area contributed by atoms with Crippen LogP contribution in [0.5, 0.6) is 0 Å². The van der Waals surface area contributed by atoms with E-state index in [1.807, 2.05) is 6.92 Å². The molecule has 0 rings (SSSR count). The van der Waals surface area contributed by atoms with Gasteiger partial charge in [-0.2, -0.15) is 0 Å². The SMILES string of the molecule is C\C=C(/C=C(\C=C\CCC)C(=O)O)C(=O)O. The molecule has 0 amide bonds. The van der Waals surface area contributed by atoms with Crippen LogP contribution in [0.25, 0.3) is 0 Å². The molecular formula is C12H16O4. The molecule has 0 spiro atoms. The molecule has 0 heterocycles. The molecule has 0 saturated heterocycles. The standard InChI is InChI=1S/C12H16O4/c1-3-5-6-7-10(12(15)16)8-9(4-2)11(13)14/h4,6-8H,3,5H2,1-2H3,(H,13,14)(H,15,16)/b7-6+,9-4+,10-8+. The summed E-state index contributed by atoms with van der Waals surface area (Å²) in [5.41, 5.74) is -0.0532. The van der Waals surface area contributed by atoms with Crippen LogP contribution in [-0.4, -0.2) is 22.2 Å². The molecule has 0 bridgehead atoms. The Bertz CT molecular complexity index is 348. The number of carbonyl (C=O) groups is 2. The van der Waals surface area contributed by atoms with Crippen LogP contribution in [0.2, 0.25) is 0 Å². The number of allylic oxidation sites excluding steroid dienone is 2. The molecule has 0 fully saturated rings. The summed E-state index contributed by atoms with van der Waals surface area (Å²) >= 11 is 0. The van der Waals surface area contributed by atoms with Gasteiger partial charge < -0.3 is 10.2 Å². The van der Waals surface area contributed by atoms with E-state index >= 15 is 0 Å². The zero-order valence-electron chi connectivity index (χ0n) is 9.43. The minimum absolute atomic E-state index is 0.0241. The van der Waals surface area contributed by atoms with Crippen LogP contribution in [0.15, 0.2) is 35.5 Å². The van der Waals surface area contributed by atoms with Crippen molar-refractivity contribution in [3.63, 3.8) is 0 Å². The first-order valence-electron chi connectivity index (χ1n) is 5.04. The van der Waals surface area contributed by atoms with Crippen molar-refractivity contribution in [3.05, 3.63) is 35.5 Å². The lowest BCUT2D eigenvalue weighted by Crippen LogP contribution is -2.03. The van der Waals surface area contributed by atoms with Crippen molar-refractivity contribution in [2.75, 3.05) is 0 Å². The number of rotatable bonds is 6. The molecule has 0 aromatic heterocycles. The molecule has 16 heavy (non-hydrogen) atoms. The summed E-state index contributed by atoms with van der Waals surface area (Å²) in [6, 6.07) is 0. The first-order valence-corrected chi connectivity index (χ1v) is 5.04. The molecule has 0 radical (unpaired) electrons. The molecule has 0 aromatic carbocycles. The van der Waals surface area contributed by atoms with E-state index < -0.39 is 11.9 Å². The highest BCUT2D eigenvalue weighted by Gasteiger charge is 2.08. The highest BCUT2D eigenvalue weighted by Crippen LogP contribution is 2.06. The average molecular weight is 224 g/mol. The summed E-state index contributed by atoms with van der Waals surface area (Å²) in [6.45, 7) is 3.53. The number of aliphatic carboxylic acids is 2. The fourth-order valence-corrected chi connectivity index (χ4v) is 0.994. The minimum atomic E-state index is -1.13. The normalized spacial score (nSPS) is 13.1. The minimum Gasteiger partial charge on any atom is -0.478 e. The van der Waals surface area contributed by atoms with E-state index in [2.05, 4.69) is 0 Å². The Morgan fingerprint density at radius 3 is 2.06 bits per heavy atom. The molecule has 0 aliphatic heterocycles. The van der Waals surface area contributed by atoms with Gasteiger partial charge in [-0.05, 0) is 19.4 Å². The number of carboxylic acids is 2. The van der Waals surface area contributed by atoms with Crippen LogP contribution in [-0.2, 0) is 9.59 Å². The fraction of sp³-hybridized carbons (Fsp3) is 0.333. The summed E-state index contributed by atoms with van der Waals surface area (Å²) in [4.78, 5) is 21.5. The van der Waals surface area contributed by atoms with Crippen molar-refractivity contribution < 1.29 is 19.8 Å². The Labute approximate surface area is 94.6 Å². The van der Waals surface area contributed by atoms with Gasteiger partial charge in [0.1, 0.15) is 0 Å². The topological polar surface area (TPSA) is 74.6 Å². The van der Waals surface area contributed by atoms with E-state index in [0.29, 0.717) is 0 Å². The van der Waals surface area contributed by atoms with Gasteiger partial charge in [0.05, 0.1) is 11.1 Å². The van der Waals surface area contributed by atoms with E-state index in [0.717, 1.165) is 18.9 Å². The summed E-state index contributed by atoms with van der Waals surface area (Å²) in [6.07, 6.45) is 7.34. The maximum atomic E-state index is 10.8. The van der Waals surface area contributed by atoms with Gasteiger partial charge in [0.25, 0.3) is 0 Å². The molecule has 0 unspecified atom stereocenters. The van der Waals surface area contributed by atoms with Crippen LogP contribution in [0.3, 0.4) is 0 Å². The third-order valence-corrected chi connectivity index (χ3v) is 1.87. The predicted octanol–water partition coefficient (Wildman–Crippen LogP) is 2.38. The zero-order chi connectivity index (χ0) is 12.6. The second kappa shape index (κ2) is 7.45. The Balaban J connectivity index is 4.98. The van der Waals surface area contributed by atoms with E-state index in [9.17, 15) is 9.59 Å². The predicted molar refractivity (Wildman–Crippen MR) is 61.2 cm³/mol. The smallest absolute Gasteiger partial charge is 0.335 e. The molecule has 0 atom stereocenters. The molecule has 2 N–H and O–H groups in total. The van der Waals surface area contributed by atoms with E-state index in [4.69, 9.17) is 10.2 Å². The van der Waals surface area contributed by atoms with Crippen LogP contribution >= 0.6 is 0 Å². The van der Waals surface area contributed by atoms with Crippen molar-refractivity contribution in [2.45, 2.75) is 26.7 Å².